The number of aryl methyl sites for hydroxylation is 1. The summed E-state index contributed by atoms with van der Waals surface area (Å²) < 4.78 is 5.11. The fraction of sp³-hybridized carbons (Fsp3) is 0.200. The number of rotatable bonds is 4. The number of pyridine rings is 1. The van der Waals surface area contributed by atoms with Gasteiger partial charge in [-0.05, 0) is 36.2 Å². The Bertz CT molecular complexity index is 600. The number of methoxy groups -OCH3 is 1. The average molecular weight is 253 g/mol. The Balaban J connectivity index is 2.02. The quantitative estimate of drug-likeness (QED) is 0.910. The molecular weight excluding hydrogens is 238 g/mol. The highest BCUT2D eigenvalue weighted by Gasteiger charge is 2.01. The fourth-order valence-corrected chi connectivity index (χ4v) is 1.74. The van der Waals surface area contributed by atoms with E-state index in [9.17, 15) is 0 Å². The van der Waals surface area contributed by atoms with Gasteiger partial charge in [-0.3, -0.25) is 0 Å². The molecule has 1 heterocycles. The van der Waals surface area contributed by atoms with Crippen molar-refractivity contribution in [2.75, 3.05) is 12.4 Å². The van der Waals surface area contributed by atoms with Crippen LogP contribution in [0.15, 0.2) is 36.5 Å². The third kappa shape index (κ3) is 3.23. The molecule has 0 spiro atoms. The first-order chi connectivity index (χ1) is 9.22. The Morgan fingerprint density at radius 2 is 2.05 bits per heavy atom. The van der Waals surface area contributed by atoms with E-state index in [1.165, 1.54) is 0 Å². The second-order valence-corrected chi connectivity index (χ2v) is 4.20. The average Bonchev–Trinajstić information content (AvgIpc) is 2.46. The van der Waals surface area contributed by atoms with Gasteiger partial charge in [-0.15, -0.1) is 0 Å². The van der Waals surface area contributed by atoms with Gasteiger partial charge >= 0.3 is 0 Å². The highest BCUT2D eigenvalue weighted by Crippen LogP contribution is 2.15. The number of hydrogen-bond donors (Lipinski definition) is 1. The minimum atomic E-state index is 0.468. The Morgan fingerprint density at radius 1 is 1.32 bits per heavy atom. The highest BCUT2D eigenvalue weighted by molar-refractivity contribution is 5.47. The van der Waals surface area contributed by atoms with Crippen LogP contribution < -0.4 is 10.1 Å². The van der Waals surface area contributed by atoms with Gasteiger partial charge in [0, 0.05) is 6.54 Å². The Morgan fingerprint density at radius 3 is 2.63 bits per heavy atom. The minimum Gasteiger partial charge on any atom is -0.497 e. The Hall–Kier alpha value is -2.54. The molecule has 1 N–H and O–H groups in total. The highest BCUT2D eigenvalue weighted by atomic mass is 16.5. The lowest BCUT2D eigenvalue weighted by Gasteiger charge is -2.08. The molecule has 0 aliphatic rings. The Labute approximate surface area is 112 Å². The zero-order valence-electron chi connectivity index (χ0n) is 11.0. The molecule has 0 aliphatic carbocycles. The molecule has 0 aliphatic heterocycles. The number of aromatic nitrogens is 1. The molecular formula is C15H15N3O. The summed E-state index contributed by atoms with van der Waals surface area (Å²) in [6.07, 6.45) is 1.68. The van der Waals surface area contributed by atoms with Crippen molar-refractivity contribution in [3.05, 3.63) is 53.3 Å². The standard InChI is InChI=1S/C15H15N3O/c1-11-7-13(10-18-15(11)8-16)17-9-12-3-5-14(19-2)6-4-12/h3-7,10,17H,9H2,1-2H3. The van der Waals surface area contributed by atoms with Gasteiger partial charge in [-0.2, -0.15) is 5.26 Å². The van der Waals surface area contributed by atoms with E-state index >= 15 is 0 Å². The van der Waals surface area contributed by atoms with Crippen molar-refractivity contribution in [1.29, 1.82) is 5.26 Å². The van der Waals surface area contributed by atoms with Crippen molar-refractivity contribution in [3.63, 3.8) is 0 Å². The van der Waals surface area contributed by atoms with Gasteiger partial charge in [0.15, 0.2) is 0 Å². The van der Waals surface area contributed by atoms with E-state index in [1.807, 2.05) is 37.3 Å². The summed E-state index contributed by atoms with van der Waals surface area (Å²) in [4.78, 5) is 4.09. The molecule has 2 rings (SSSR count). The van der Waals surface area contributed by atoms with Crippen LogP contribution in [-0.4, -0.2) is 12.1 Å². The van der Waals surface area contributed by atoms with Crippen LogP contribution in [0.3, 0.4) is 0 Å². The molecule has 2 aromatic rings. The summed E-state index contributed by atoms with van der Waals surface area (Å²) >= 11 is 0. The van der Waals surface area contributed by atoms with Crippen LogP contribution in [0.4, 0.5) is 5.69 Å². The summed E-state index contributed by atoms with van der Waals surface area (Å²) in [5.41, 5.74) is 3.41. The van der Waals surface area contributed by atoms with Crippen LogP contribution in [0, 0.1) is 18.3 Å². The lowest BCUT2D eigenvalue weighted by molar-refractivity contribution is 0.414. The summed E-state index contributed by atoms with van der Waals surface area (Å²) in [5.74, 6) is 0.847. The van der Waals surface area contributed by atoms with Gasteiger partial charge in [0.1, 0.15) is 17.5 Å². The van der Waals surface area contributed by atoms with E-state index in [4.69, 9.17) is 10.00 Å². The maximum atomic E-state index is 8.82. The first-order valence-electron chi connectivity index (χ1n) is 5.96. The topological polar surface area (TPSA) is 57.9 Å². The third-order valence-electron chi connectivity index (χ3n) is 2.84. The first kappa shape index (κ1) is 12.9. The summed E-state index contributed by atoms with van der Waals surface area (Å²) in [6, 6.07) is 11.9. The molecule has 1 aromatic heterocycles. The monoisotopic (exact) mass is 253 g/mol. The third-order valence-corrected chi connectivity index (χ3v) is 2.84. The van der Waals surface area contributed by atoms with Gasteiger partial charge in [-0.1, -0.05) is 12.1 Å². The molecule has 0 saturated carbocycles. The largest absolute Gasteiger partial charge is 0.497 e. The number of nitrogens with zero attached hydrogens (tertiary/aromatic N) is 2. The summed E-state index contributed by atoms with van der Waals surface area (Å²) in [5, 5.41) is 12.1. The van der Waals surface area contributed by atoms with E-state index < -0.39 is 0 Å². The van der Waals surface area contributed by atoms with E-state index in [2.05, 4.69) is 16.4 Å². The van der Waals surface area contributed by atoms with Crippen molar-refractivity contribution >= 4 is 5.69 Å². The Kier molecular flexibility index (Phi) is 3.99. The molecule has 19 heavy (non-hydrogen) atoms. The second-order valence-electron chi connectivity index (χ2n) is 4.20. The fourth-order valence-electron chi connectivity index (χ4n) is 1.74. The van der Waals surface area contributed by atoms with Crippen LogP contribution in [0.25, 0.3) is 0 Å². The molecule has 0 atom stereocenters. The van der Waals surface area contributed by atoms with E-state index in [0.29, 0.717) is 12.2 Å². The normalized spacial score (nSPS) is 9.74. The molecule has 0 unspecified atom stereocenters. The molecule has 4 heteroatoms. The number of ether oxygens (including phenoxy) is 1. The van der Waals surface area contributed by atoms with E-state index in [1.54, 1.807) is 13.3 Å². The second kappa shape index (κ2) is 5.87. The number of nitriles is 1. The number of anilines is 1. The minimum absolute atomic E-state index is 0.468. The predicted molar refractivity (Wildman–Crippen MR) is 74.0 cm³/mol. The van der Waals surface area contributed by atoms with Crippen molar-refractivity contribution in [2.45, 2.75) is 13.5 Å². The molecule has 4 nitrogen and oxygen atoms in total. The van der Waals surface area contributed by atoms with Crippen LogP contribution in [0.5, 0.6) is 5.75 Å². The molecule has 96 valence electrons. The molecule has 0 fully saturated rings. The van der Waals surface area contributed by atoms with Crippen LogP contribution in [0.1, 0.15) is 16.8 Å². The van der Waals surface area contributed by atoms with Crippen molar-refractivity contribution < 1.29 is 4.74 Å². The van der Waals surface area contributed by atoms with Gasteiger partial charge < -0.3 is 10.1 Å². The molecule has 0 radical (unpaired) electrons. The lowest BCUT2D eigenvalue weighted by Crippen LogP contribution is -2.01. The van der Waals surface area contributed by atoms with Gasteiger partial charge in [0.25, 0.3) is 0 Å². The SMILES string of the molecule is COc1ccc(CNc2cnc(C#N)c(C)c2)cc1. The smallest absolute Gasteiger partial charge is 0.143 e. The van der Waals surface area contributed by atoms with Crippen molar-refractivity contribution in [3.8, 4) is 11.8 Å². The van der Waals surface area contributed by atoms with Crippen LogP contribution in [0.2, 0.25) is 0 Å². The zero-order chi connectivity index (χ0) is 13.7. The maximum Gasteiger partial charge on any atom is 0.143 e. The van der Waals surface area contributed by atoms with Gasteiger partial charge in [0.2, 0.25) is 0 Å². The van der Waals surface area contributed by atoms with E-state index in [-0.39, 0.29) is 0 Å². The van der Waals surface area contributed by atoms with Crippen molar-refractivity contribution in [2.24, 2.45) is 0 Å². The number of nitrogens with one attached hydrogen (secondary N) is 1. The predicted octanol–water partition coefficient (Wildman–Crippen LogP) is 2.88. The molecule has 0 bridgehead atoms. The summed E-state index contributed by atoms with van der Waals surface area (Å²) in [6.45, 7) is 2.58. The van der Waals surface area contributed by atoms with Gasteiger partial charge in [0.05, 0.1) is 19.0 Å². The first-order valence-corrected chi connectivity index (χ1v) is 5.96. The lowest BCUT2D eigenvalue weighted by atomic mass is 10.2. The number of benzene rings is 1. The van der Waals surface area contributed by atoms with Crippen molar-refractivity contribution in [1.82, 2.24) is 4.98 Å². The molecule has 1 aromatic carbocycles. The van der Waals surface area contributed by atoms with Crippen LogP contribution >= 0.6 is 0 Å². The van der Waals surface area contributed by atoms with E-state index in [0.717, 1.165) is 22.6 Å². The summed E-state index contributed by atoms with van der Waals surface area (Å²) in [7, 11) is 1.65. The molecule has 0 amide bonds. The maximum absolute atomic E-state index is 8.82. The number of hydrogen-bond acceptors (Lipinski definition) is 4. The van der Waals surface area contributed by atoms with Gasteiger partial charge in [-0.25, -0.2) is 4.98 Å². The zero-order valence-corrected chi connectivity index (χ0v) is 11.0. The van der Waals surface area contributed by atoms with Crippen LogP contribution in [-0.2, 0) is 6.54 Å². The molecule has 0 saturated heterocycles.